The van der Waals surface area contributed by atoms with E-state index in [1.807, 2.05) is 0 Å². The van der Waals surface area contributed by atoms with Crippen molar-refractivity contribution in [3.63, 3.8) is 0 Å². The van der Waals surface area contributed by atoms with Gasteiger partial charge in [-0.15, -0.1) is 0 Å². The molecule has 0 saturated carbocycles. The summed E-state index contributed by atoms with van der Waals surface area (Å²) in [5.74, 6) is 0. The standard InChI is InChI=1S/C10H15N3O4S/c1-3-17-10(14)13-18(15,16)12-9-6-4-5-8(11)7(9)2/h4-6,12H,3,11H2,1-2H3,(H,13,14). The second-order valence-corrected chi connectivity index (χ2v) is 4.86. The highest BCUT2D eigenvalue weighted by Crippen LogP contribution is 2.21. The number of anilines is 2. The van der Waals surface area contributed by atoms with Gasteiger partial charge in [0.05, 0.1) is 12.3 Å². The van der Waals surface area contributed by atoms with Crippen molar-refractivity contribution in [1.29, 1.82) is 0 Å². The molecule has 0 radical (unpaired) electrons. The lowest BCUT2D eigenvalue weighted by Crippen LogP contribution is -2.35. The number of carbonyl (C=O) groups excluding carboxylic acids is 1. The molecule has 0 aromatic heterocycles. The number of nitrogens with two attached hydrogens (primary N) is 1. The minimum atomic E-state index is -4.03. The third kappa shape index (κ3) is 3.81. The van der Waals surface area contributed by atoms with Crippen LogP contribution in [-0.4, -0.2) is 21.1 Å². The molecule has 0 aliphatic rings. The Bertz CT molecular complexity index is 542. The van der Waals surface area contributed by atoms with Gasteiger partial charge in [-0.1, -0.05) is 6.07 Å². The van der Waals surface area contributed by atoms with E-state index in [1.165, 1.54) is 6.07 Å². The van der Waals surface area contributed by atoms with Gasteiger partial charge < -0.3 is 10.5 Å². The van der Waals surface area contributed by atoms with Gasteiger partial charge in [-0.25, -0.2) is 9.52 Å². The van der Waals surface area contributed by atoms with Gasteiger partial charge in [-0.3, -0.25) is 4.72 Å². The molecule has 0 heterocycles. The lowest BCUT2D eigenvalue weighted by molar-refractivity contribution is 0.159. The van der Waals surface area contributed by atoms with E-state index in [-0.39, 0.29) is 6.61 Å². The average Bonchev–Trinajstić information content (AvgIpc) is 2.24. The molecule has 8 heteroatoms. The van der Waals surface area contributed by atoms with E-state index in [0.717, 1.165) is 0 Å². The number of carbonyl (C=O) groups is 1. The first-order valence-corrected chi connectivity index (χ1v) is 6.66. The van der Waals surface area contributed by atoms with Crippen LogP contribution in [0.15, 0.2) is 18.2 Å². The maximum absolute atomic E-state index is 11.6. The summed E-state index contributed by atoms with van der Waals surface area (Å²) in [4.78, 5) is 11.0. The molecule has 0 bridgehead atoms. The summed E-state index contributed by atoms with van der Waals surface area (Å²) in [5, 5.41) is 0. The Labute approximate surface area is 106 Å². The zero-order valence-corrected chi connectivity index (χ0v) is 10.9. The van der Waals surface area contributed by atoms with E-state index in [4.69, 9.17) is 5.73 Å². The quantitative estimate of drug-likeness (QED) is 0.708. The van der Waals surface area contributed by atoms with Crippen molar-refractivity contribution in [1.82, 2.24) is 4.72 Å². The molecule has 1 aromatic rings. The summed E-state index contributed by atoms with van der Waals surface area (Å²) in [7, 11) is -4.03. The average molecular weight is 273 g/mol. The number of ether oxygens (including phenoxy) is 1. The highest BCUT2D eigenvalue weighted by molar-refractivity contribution is 7.91. The number of nitrogens with one attached hydrogen (secondary N) is 2. The summed E-state index contributed by atoms with van der Waals surface area (Å²) in [6.07, 6.45) is -1.04. The van der Waals surface area contributed by atoms with Crippen LogP contribution in [0.5, 0.6) is 0 Å². The van der Waals surface area contributed by atoms with Crippen LogP contribution in [0, 0.1) is 6.92 Å². The maximum atomic E-state index is 11.6. The van der Waals surface area contributed by atoms with Gasteiger partial charge in [-0.05, 0) is 31.5 Å². The Kier molecular flexibility index (Phi) is 4.38. The number of benzene rings is 1. The zero-order valence-electron chi connectivity index (χ0n) is 10.1. The minimum Gasteiger partial charge on any atom is -0.449 e. The van der Waals surface area contributed by atoms with E-state index in [9.17, 15) is 13.2 Å². The number of rotatable bonds is 4. The lowest BCUT2D eigenvalue weighted by atomic mass is 10.2. The van der Waals surface area contributed by atoms with Gasteiger partial charge in [0.15, 0.2) is 0 Å². The fraction of sp³-hybridized carbons (Fsp3) is 0.300. The van der Waals surface area contributed by atoms with Crippen molar-refractivity contribution in [3.8, 4) is 0 Å². The number of amides is 1. The topological polar surface area (TPSA) is 111 Å². The Morgan fingerprint density at radius 2 is 2.11 bits per heavy atom. The molecule has 100 valence electrons. The highest BCUT2D eigenvalue weighted by Gasteiger charge is 2.16. The summed E-state index contributed by atoms with van der Waals surface area (Å²) < 4.78 is 31.6. The zero-order chi connectivity index (χ0) is 13.8. The van der Waals surface area contributed by atoms with Gasteiger partial charge in [0.25, 0.3) is 0 Å². The van der Waals surface area contributed by atoms with E-state index in [1.54, 1.807) is 30.7 Å². The lowest BCUT2D eigenvalue weighted by Gasteiger charge is -2.12. The summed E-state index contributed by atoms with van der Waals surface area (Å²) >= 11 is 0. The van der Waals surface area contributed by atoms with Crippen LogP contribution in [-0.2, 0) is 14.9 Å². The Morgan fingerprint density at radius 1 is 1.44 bits per heavy atom. The fourth-order valence-corrected chi connectivity index (χ4v) is 2.04. The second kappa shape index (κ2) is 5.58. The van der Waals surface area contributed by atoms with Crippen molar-refractivity contribution in [2.24, 2.45) is 0 Å². The molecule has 7 nitrogen and oxygen atoms in total. The molecule has 18 heavy (non-hydrogen) atoms. The number of nitrogen functional groups attached to an aromatic ring is 1. The predicted molar refractivity (Wildman–Crippen MR) is 68.3 cm³/mol. The first kappa shape index (κ1) is 14.1. The SMILES string of the molecule is CCOC(=O)NS(=O)(=O)Nc1cccc(N)c1C. The number of hydrogen-bond acceptors (Lipinski definition) is 5. The van der Waals surface area contributed by atoms with Crippen molar-refractivity contribution in [3.05, 3.63) is 23.8 Å². The molecule has 0 spiro atoms. The molecule has 4 N–H and O–H groups in total. The summed E-state index contributed by atoms with van der Waals surface area (Å²) in [5.41, 5.74) is 6.97. The van der Waals surface area contributed by atoms with E-state index < -0.39 is 16.3 Å². The van der Waals surface area contributed by atoms with Crippen LogP contribution in [0.3, 0.4) is 0 Å². The normalized spacial score (nSPS) is 10.8. The first-order chi connectivity index (χ1) is 8.35. The Balaban J connectivity index is 2.83. The van der Waals surface area contributed by atoms with E-state index >= 15 is 0 Å². The highest BCUT2D eigenvalue weighted by atomic mass is 32.2. The van der Waals surface area contributed by atoms with Crippen molar-refractivity contribution < 1.29 is 17.9 Å². The number of hydrogen-bond donors (Lipinski definition) is 3. The van der Waals surface area contributed by atoms with Crippen molar-refractivity contribution >= 4 is 27.7 Å². The fourth-order valence-electron chi connectivity index (χ4n) is 1.20. The largest absolute Gasteiger partial charge is 0.449 e. The third-order valence-electron chi connectivity index (χ3n) is 2.11. The second-order valence-electron chi connectivity index (χ2n) is 3.45. The van der Waals surface area contributed by atoms with Crippen molar-refractivity contribution in [2.45, 2.75) is 13.8 Å². The monoisotopic (exact) mass is 273 g/mol. The summed E-state index contributed by atoms with van der Waals surface area (Å²) in [6.45, 7) is 3.32. The van der Waals surface area contributed by atoms with Gasteiger partial charge in [-0.2, -0.15) is 8.42 Å². The molecular weight excluding hydrogens is 258 g/mol. The van der Waals surface area contributed by atoms with E-state index in [0.29, 0.717) is 16.9 Å². The molecule has 1 rings (SSSR count). The molecule has 0 saturated heterocycles. The van der Waals surface area contributed by atoms with E-state index in [2.05, 4.69) is 9.46 Å². The Morgan fingerprint density at radius 3 is 2.72 bits per heavy atom. The molecule has 0 fully saturated rings. The van der Waals surface area contributed by atoms with Gasteiger partial charge in [0.1, 0.15) is 0 Å². The van der Waals surface area contributed by atoms with Crippen LogP contribution in [0.25, 0.3) is 0 Å². The smallest absolute Gasteiger partial charge is 0.422 e. The van der Waals surface area contributed by atoms with Crippen LogP contribution < -0.4 is 15.2 Å². The van der Waals surface area contributed by atoms with Crippen LogP contribution >= 0.6 is 0 Å². The van der Waals surface area contributed by atoms with Gasteiger partial charge in [0.2, 0.25) is 0 Å². The molecule has 0 unspecified atom stereocenters. The van der Waals surface area contributed by atoms with Gasteiger partial charge >= 0.3 is 16.3 Å². The molecule has 1 aromatic carbocycles. The van der Waals surface area contributed by atoms with Crippen LogP contribution in [0.1, 0.15) is 12.5 Å². The maximum Gasteiger partial charge on any atom is 0.422 e. The van der Waals surface area contributed by atoms with Crippen LogP contribution in [0.4, 0.5) is 16.2 Å². The molecule has 0 atom stereocenters. The molecule has 1 amide bonds. The van der Waals surface area contributed by atoms with Crippen molar-refractivity contribution in [2.75, 3.05) is 17.1 Å². The molecule has 0 aliphatic heterocycles. The third-order valence-corrected chi connectivity index (χ3v) is 3.04. The minimum absolute atomic E-state index is 0.0820. The van der Waals surface area contributed by atoms with Gasteiger partial charge in [0, 0.05) is 5.69 Å². The molecular formula is C10H15N3O4S. The van der Waals surface area contributed by atoms with Crippen LogP contribution in [0.2, 0.25) is 0 Å². The predicted octanol–water partition coefficient (Wildman–Crippen LogP) is 0.980. The summed E-state index contributed by atoms with van der Waals surface area (Å²) in [6, 6.07) is 4.78. The Hall–Kier alpha value is -1.96. The molecule has 0 aliphatic carbocycles. The first-order valence-electron chi connectivity index (χ1n) is 5.18.